The van der Waals surface area contributed by atoms with Crippen molar-refractivity contribution in [3.63, 3.8) is 0 Å². The third-order valence-electron chi connectivity index (χ3n) is 2.21. The lowest BCUT2D eigenvalue weighted by Gasteiger charge is -2.06. The van der Waals surface area contributed by atoms with E-state index in [1.165, 1.54) is 22.2 Å². The second-order valence-corrected chi connectivity index (χ2v) is 3.14. The van der Waals surface area contributed by atoms with Gasteiger partial charge in [-0.25, -0.2) is 0 Å². The second-order valence-electron chi connectivity index (χ2n) is 3.14. The van der Waals surface area contributed by atoms with Crippen molar-refractivity contribution in [3.8, 4) is 0 Å². The second kappa shape index (κ2) is 4.22. The van der Waals surface area contributed by atoms with Gasteiger partial charge in [0.1, 0.15) is 7.85 Å². The van der Waals surface area contributed by atoms with Crippen molar-refractivity contribution in [2.45, 2.75) is 27.7 Å². The molecule has 0 heterocycles. The number of allylic oxidation sites excluding steroid dienone is 5. The Morgan fingerprint density at radius 3 is 1.91 bits per heavy atom. The fourth-order valence-electron chi connectivity index (χ4n) is 0.824. The molecular formula is C10H17B. The summed E-state index contributed by atoms with van der Waals surface area (Å²) in [5.41, 5.74) is 5.37. The lowest BCUT2D eigenvalue weighted by Crippen LogP contribution is -1.90. The molecule has 0 spiro atoms. The Labute approximate surface area is 71.1 Å². The third-order valence-corrected chi connectivity index (χ3v) is 2.21. The van der Waals surface area contributed by atoms with Crippen LogP contribution in [0.2, 0.25) is 0 Å². The monoisotopic (exact) mass is 148 g/mol. The van der Waals surface area contributed by atoms with Gasteiger partial charge in [0.25, 0.3) is 0 Å². The van der Waals surface area contributed by atoms with Crippen LogP contribution in [0.3, 0.4) is 0 Å². The first-order chi connectivity index (χ1) is 5.00. The van der Waals surface area contributed by atoms with Gasteiger partial charge in [0.05, 0.1) is 0 Å². The van der Waals surface area contributed by atoms with E-state index in [-0.39, 0.29) is 0 Å². The fraction of sp³-hybridized carbons (Fsp3) is 0.400. The molecule has 0 bridgehead atoms. The lowest BCUT2D eigenvalue weighted by molar-refractivity contribution is 1.26. The van der Waals surface area contributed by atoms with Crippen LogP contribution in [0.4, 0.5) is 0 Å². The Kier molecular flexibility index (Phi) is 3.95. The van der Waals surface area contributed by atoms with E-state index in [1.807, 2.05) is 6.08 Å². The summed E-state index contributed by atoms with van der Waals surface area (Å²) in [6.07, 6.45) is 1.90. The molecule has 1 heteroatoms. The molecule has 0 amide bonds. The van der Waals surface area contributed by atoms with Crippen LogP contribution in [-0.4, -0.2) is 7.85 Å². The number of hydrogen-bond donors (Lipinski definition) is 0. The van der Waals surface area contributed by atoms with Crippen LogP contribution in [0.25, 0.3) is 0 Å². The van der Waals surface area contributed by atoms with Crippen molar-refractivity contribution >= 4 is 7.85 Å². The maximum absolute atomic E-state index is 3.74. The molecule has 0 aliphatic rings. The molecule has 0 aromatic carbocycles. The molecule has 0 aliphatic heterocycles. The van der Waals surface area contributed by atoms with E-state index in [4.69, 9.17) is 0 Å². The minimum Gasteiger partial charge on any atom is -0.0988 e. The van der Waals surface area contributed by atoms with Crippen molar-refractivity contribution in [1.29, 1.82) is 0 Å². The van der Waals surface area contributed by atoms with E-state index in [2.05, 4.69) is 42.1 Å². The highest BCUT2D eigenvalue weighted by atomic mass is 14.0. The van der Waals surface area contributed by atoms with Gasteiger partial charge in [-0.2, -0.15) is 0 Å². The van der Waals surface area contributed by atoms with Crippen molar-refractivity contribution in [2.24, 2.45) is 0 Å². The molecule has 0 nitrogen and oxygen atoms in total. The highest BCUT2D eigenvalue weighted by Crippen LogP contribution is 2.14. The normalized spacial score (nSPS) is 12.0. The molecule has 11 heavy (non-hydrogen) atoms. The molecule has 60 valence electrons. The molecule has 0 N–H and O–H groups in total. The molecule has 0 aromatic heterocycles. The molecule has 0 rings (SSSR count). The molecule has 0 saturated carbocycles. The first kappa shape index (κ1) is 10.3. The highest BCUT2D eigenvalue weighted by molar-refractivity contribution is 6.25. The van der Waals surface area contributed by atoms with Gasteiger partial charge in [-0.15, -0.1) is 0 Å². The summed E-state index contributed by atoms with van der Waals surface area (Å²) >= 11 is 0. The summed E-state index contributed by atoms with van der Waals surface area (Å²) in [6, 6.07) is 0. The first-order valence-corrected chi connectivity index (χ1v) is 3.95. The lowest BCUT2D eigenvalue weighted by atomic mass is 9.83. The van der Waals surface area contributed by atoms with Gasteiger partial charge in [0.2, 0.25) is 0 Å². The van der Waals surface area contributed by atoms with Crippen molar-refractivity contribution < 1.29 is 0 Å². The first-order valence-electron chi connectivity index (χ1n) is 3.95. The summed E-state index contributed by atoms with van der Waals surface area (Å²) in [5, 5.41) is 0. The van der Waals surface area contributed by atoms with Gasteiger partial charge in [0.15, 0.2) is 0 Å². The minimum absolute atomic E-state index is 1.27. The fourth-order valence-corrected chi connectivity index (χ4v) is 0.824. The van der Waals surface area contributed by atoms with Gasteiger partial charge in [-0.1, -0.05) is 34.8 Å². The van der Waals surface area contributed by atoms with Gasteiger partial charge in [0, 0.05) is 0 Å². The minimum atomic E-state index is 1.27. The van der Waals surface area contributed by atoms with E-state index >= 15 is 0 Å². The largest absolute Gasteiger partial charge is 0.139 e. The van der Waals surface area contributed by atoms with E-state index in [1.54, 1.807) is 0 Å². The molecule has 0 unspecified atom stereocenters. The summed E-state index contributed by atoms with van der Waals surface area (Å²) < 4.78 is 0. The zero-order chi connectivity index (χ0) is 9.02. The summed E-state index contributed by atoms with van der Waals surface area (Å²) in [7, 11) is 2.14. The number of rotatable bonds is 2. The van der Waals surface area contributed by atoms with E-state index in [9.17, 15) is 0 Å². The van der Waals surface area contributed by atoms with Crippen LogP contribution in [0.1, 0.15) is 27.7 Å². The van der Waals surface area contributed by atoms with Crippen molar-refractivity contribution in [3.05, 3.63) is 34.8 Å². The predicted octanol–water partition coefficient (Wildman–Crippen LogP) is 2.44. The van der Waals surface area contributed by atoms with Crippen LogP contribution in [0.15, 0.2) is 34.8 Å². The maximum atomic E-state index is 3.74. The van der Waals surface area contributed by atoms with Crippen LogP contribution in [-0.2, 0) is 0 Å². The Morgan fingerprint density at radius 1 is 1.18 bits per heavy atom. The average molecular weight is 148 g/mol. The molecule has 0 saturated heterocycles. The Morgan fingerprint density at radius 2 is 1.64 bits per heavy atom. The summed E-state index contributed by atoms with van der Waals surface area (Å²) in [6.45, 7) is 12.3. The Balaban J connectivity index is 4.90. The van der Waals surface area contributed by atoms with E-state index in [0.29, 0.717) is 0 Å². The zero-order valence-electron chi connectivity index (χ0n) is 8.28. The maximum Gasteiger partial charge on any atom is 0.139 e. The number of hydrogen-bond acceptors (Lipinski definition) is 0. The molecule has 0 aromatic rings. The Bertz CT molecular complexity index is 215. The van der Waals surface area contributed by atoms with Crippen LogP contribution >= 0.6 is 0 Å². The highest BCUT2D eigenvalue weighted by Gasteiger charge is 1.96. The molecule has 0 fully saturated rings. The van der Waals surface area contributed by atoms with Gasteiger partial charge < -0.3 is 0 Å². The average Bonchev–Trinajstić information content (AvgIpc) is 2.00. The molecule has 0 aliphatic carbocycles. The van der Waals surface area contributed by atoms with Crippen LogP contribution in [0, 0.1) is 0 Å². The SMILES string of the molecule is B/C(C(C)=C(C)C)=C(\C)C=C. The van der Waals surface area contributed by atoms with E-state index < -0.39 is 0 Å². The smallest absolute Gasteiger partial charge is 0.0988 e. The quantitative estimate of drug-likeness (QED) is 0.416. The van der Waals surface area contributed by atoms with E-state index in [0.717, 1.165) is 0 Å². The van der Waals surface area contributed by atoms with Crippen molar-refractivity contribution in [2.75, 3.05) is 0 Å². The predicted molar refractivity (Wildman–Crippen MR) is 55.5 cm³/mol. The van der Waals surface area contributed by atoms with Gasteiger partial charge in [-0.05, 0) is 27.7 Å². The molecule has 0 atom stereocenters. The summed E-state index contributed by atoms with van der Waals surface area (Å²) in [5.74, 6) is 0. The van der Waals surface area contributed by atoms with Crippen LogP contribution in [0.5, 0.6) is 0 Å². The third kappa shape index (κ3) is 2.79. The molecule has 0 radical (unpaired) electrons. The summed E-state index contributed by atoms with van der Waals surface area (Å²) in [4.78, 5) is 0. The Hall–Kier alpha value is -0.715. The standard InChI is InChI=1S/C10H17B/c1-6-8(4)10(11)9(5)7(2)3/h6H,1,11H2,2-5H3/b10-8+. The van der Waals surface area contributed by atoms with Gasteiger partial charge in [-0.3, -0.25) is 0 Å². The van der Waals surface area contributed by atoms with Crippen molar-refractivity contribution in [1.82, 2.24) is 0 Å². The topological polar surface area (TPSA) is 0 Å². The van der Waals surface area contributed by atoms with Gasteiger partial charge >= 0.3 is 0 Å². The van der Waals surface area contributed by atoms with Crippen LogP contribution < -0.4 is 0 Å². The molecular weight excluding hydrogens is 131 g/mol. The zero-order valence-corrected chi connectivity index (χ0v) is 8.28.